The molecule has 0 saturated heterocycles. The molecule has 0 aliphatic heterocycles. The second-order valence-electron chi connectivity index (χ2n) is 5.09. The Morgan fingerprint density at radius 1 is 1.38 bits per heavy atom. The number of amides is 1. The van der Waals surface area contributed by atoms with Gasteiger partial charge in [0.05, 0.1) is 12.9 Å². The first-order chi connectivity index (χ1) is 9.86. The van der Waals surface area contributed by atoms with Crippen molar-refractivity contribution in [1.29, 1.82) is 0 Å². The number of thioether (sulfide) groups is 1. The van der Waals surface area contributed by atoms with Crippen molar-refractivity contribution >= 4 is 23.6 Å². The lowest BCUT2D eigenvalue weighted by atomic mass is 10.3. The van der Waals surface area contributed by atoms with Gasteiger partial charge in [0.15, 0.2) is 5.16 Å². The highest BCUT2D eigenvalue weighted by atomic mass is 32.2. The Kier molecular flexibility index (Phi) is 6.67. The van der Waals surface area contributed by atoms with Crippen LogP contribution in [0.1, 0.15) is 33.7 Å². The summed E-state index contributed by atoms with van der Waals surface area (Å²) in [5, 5.41) is 8.55. The predicted molar refractivity (Wildman–Crippen MR) is 80.0 cm³/mol. The highest BCUT2D eigenvalue weighted by Gasteiger charge is 2.21. The van der Waals surface area contributed by atoms with E-state index in [0.29, 0.717) is 5.16 Å². The van der Waals surface area contributed by atoms with Gasteiger partial charge in [0.25, 0.3) is 0 Å². The van der Waals surface area contributed by atoms with Crippen molar-refractivity contribution in [3.8, 4) is 0 Å². The summed E-state index contributed by atoms with van der Waals surface area (Å²) in [6.07, 6.45) is 1.64. The third-order valence-corrected chi connectivity index (χ3v) is 3.83. The van der Waals surface area contributed by atoms with Crippen LogP contribution in [0.4, 0.5) is 0 Å². The van der Waals surface area contributed by atoms with Crippen LogP contribution in [0, 0.1) is 0 Å². The fourth-order valence-electron chi connectivity index (χ4n) is 1.66. The number of aromatic nitrogens is 3. The van der Waals surface area contributed by atoms with Gasteiger partial charge in [-0.15, -0.1) is 10.2 Å². The first kappa shape index (κ1) is 17.5. The SMILES string of the molecule is COC(=O)CN(C(=O)CSc1nncn1C(C)C)C(C)C. The average molecular weight is 314 g/mol. The summed E-state index contributed by atoms with van der Waals surface area (Å²) in [5.41, 5.74) is 0. The lowest BCUT2D eigenvalue weighted by Gasteiger charge is -2.25. The maximum Gasteiger partial charge on any atom is 0.325 e. The Hall–Kier alpha value is -1.57. The van der Waals surface area contributed by atoms with Gasteiger partial charge in [0.2, 0.25) is 5.91 Å². The second kappa shape index (κ2) is 8.02. The van der Waals surface area contributed by atoms with E-state index in [2.05, 4.69) is 14.9 Å². The average Bonchev–Trinajstić information content (AvgIpc) is 2.90. The van der Waals surface area contributed by atoms with Gasteiger partial charge in [-0.1, -0.05) is 11.8 Å². The molecule has 0 radical (unpaired) electrons. The quantitative estimate of drug-likeness (QED) is 0.558. The molecule has 0 aromatic carbocycles. The summed E-state index contributed by atoms with van der Waals surface area (Å²) in [6.45, 7) is 7.73. The van der Waals surface area contributed by atoms with E-state index < -0.39 is 5.97 Å². The van der Waals surface area contributed by atoms with E-state index in [4.69, 9.17) is 0 Å². The molecule has 118 valence electrons. The van der Waals surface area contributed by atoms with Gasteiger partial charge in [-0.3, -0.25) is 9.59 Å². The van der Waals surface area contributed by atoms with E-state index in [1.807, 2.05) is 32.3 Å². The molecule has 0 fully saturated rings. The number of nitrogens with zero attached hydrogens (tertiary/aromatic N) is 4. The Morgan fingerprint density at radius 2 is 2.05 bits per heavy atom. The van der Waals surface area contributed by atoms with Crippen LogP contribution in [-0.4, -0.2) is 57.0 Å². The Labute approximate surface area is 129 Å². The van der Waals surface area contributed by atoms with Crippen LogP contribution in [-0.2, 0) is 14.3 Å². The van der Waals surface area contributed by atoms with Crippen LogP contribution >= 0.6 is 11.8 Å². The molecule has 1 heterocycles. The highest BCUT2D eigenvalue weighted by molar-refractivity contribution is 7.99. The number of hydrogen-bond donors (Lipinski definition) is 0. The predicted octanol–water partition coefficient (Wildman–Crippen LogP) is 1.36. The molecule has 0 aliphatic carbocycles. The van der Waals surface area contributed by atoms with E-state index in [-0.39, 0.29) is 30.3 Å². The Balaban J connectivity index is 2.65. The minimum atomic E-state index is -0.424. The van der Waals surface area contributed by atoms with Crippen molar-refractivity contribution in [3.63, 3.8) is 0 Å². The van der Waals surface area contributed by atoms with Crippen LogP contribution in [0.3, 0.4) is 0 Å². The first-order valence-corrected chi connectivity index (χ1v) is 7.74. The van der Waals surface area contributed by atoms with Crippen LogP contribution < -0.4 is 0 Å². The van der Waals surface area contributed by atoms with Gasteiger partial charge in [-0.05, 0) is 27.7 Å². The summed E-state index contributed by atoms with van der Waals surface area (Å²) >= 11 is 1.32. The van der Waals surface area contributed by atoms with Crippen molar-refractivity contribution in [2.45, 2.75) is 44.9 Å². The molecule has 1 rings (SSSR count). The molecule has 1 aromatic heterocycles. The molecule has 7 nitrogen and oxygen atoms in total. The van der Waals surface area contributed by atoms with Gasteiger partial charge in [-0.25, -0.2) is 0 Å². The summed E-state index contributed by atoms with van der Waals surface area (Å²) in [5.74, 6) is -0.341. The Morgan fingerprint density at radius 3 is 2.57 bits per heavy atom. The molecule has 0 aliphatic rings. The number of ether oxygens (including phenoxy) is 1. The van der Waals surface area contributed by atoms with E-state index in [1.54, 1.807) is 6.33 Å². The smallest absolute Gasteiger partial charge is 0.325 e. The summed E-state index contributed by atoms with van der Waals surface area (Å²) in [4.78, 5) is 25.1. The lowest BCUT2D eigenvalue weighted by molar-refractivity contribution is -0.147. The van der Waals surface area contributed by atoms with Crippen LogP contribution in [0.5, 0.6) is 0 Å². The third kappa shape index (κ3) is 5.04. The Bertz CT molecular complexity index is 488. The number of methoxy groups -OCH3 is 1. The van der Waals surface area contributed by atoms with E-state index in [9.17, 15) is 9.59 Å². The molecule has 1 aromatic rings. The second-order valence-corrected chi connectivity index (χ2v) is 6.04. The molecule has 8 heteroatoms. The van der Waals surface area contributed by atoms with Crippen LogP contribution in [0.2, 0.25) is 0 Å². The number of carbonyl (C=O) groups is 2. The molecular formula is C13H22N4O3S. The molecule has 0 N–H and O–H groups in total. The molecular weight excluding hydrogens is 292 g/mol. The number of esters is 1. The maximum absolute atomic E-state index is 12.3. The van der Waals surface area contributed by atoms with Crippen molar-refractivity contribution in [1.82, 2.24) is 19.7 Å². The molecule has 0 saturated carbocycles. The van der Waals surface area contributed by atoms with E-state index in [1.165, 1.54) is 23.8 Å². The van der Waals surface area contributed by atoms with Crippen molar-refractivity contribution < 1.29 is 14.3 Å². The largest absolute Gasteiger partial charge is 0.468 e. The lowest BCUT2D eigenvalue weighted by Crippen LogP contribution is -2.42. The number of carbonyl (C=O) groups excluding carboxylic acids is 2. The molecule has 0 bridgehead atoms. The highest BCUT2D eigenvalue weighted by Crippen LogP contribution is 2.19. The number of hydrogen-bond acceptors (Lipinski definition) is 6. The fraction of sp³-hybridized carbons (Fsp3) is 0.692. The molecule has 21 heavy (non-hydrogen) atoms. The standard InChI is InChI=1S/C13H22N4O3S/c1-9(2)16(6-12(19)20-5)11(18)7-21-13-15-14-8-17(13)10(3)4/h8-10H,6-7H2,1-5H3. The zero-order valence-electron chi connectivity index (χ0n) is 13.1. The summed E-state index contributed by atoms with van der Waals surface area (Å²) in [7, 11) is 1.31. The van der Waals surface area contributed by atoms with Crippen molar-refractivity contribution in [2.24, 2.45) is 0 Å². The summed E-state index contributed by atoms with van der Waals surface area (Å²) in [6, 6.07) is 0.161. The van der Waals surface area contributed by atoms with Crippen molar-refractivity contribution in [3.05, 3.63) is 6.33 Å². The molecule has 0 spiro atoms. The fourth-order valence-corrected chi connectivity index (χ4v) is 2.59. The minimum absolute atomic E-state index is 0.0373. The van der Waals surface area contributed by atoms with Crippen molar-refractivity contribution in [2.75, 3.05) is 19.4 Å². The monoisotopic (exact) mass is 314 g/mol. The van der Waals surface area contributed by atoms with Gasteiger partial charge in [0, 0.05) is 12.1 Å². The van der Waals surface area contributed by atoms with Gasteiger partial charge >= 0.3 is 5.97 Å². The minimum Gasteiger partial charge on any atom is -0.468 e. The van der Waals surface area contributed by atoms with E-state index >= 15 is 0 Å². The van der Waals surface area contributed by atoms with Crippen LogP contribution in [0.15, 0.2) is 11.5 Å². The summed E-state index contributed by atoms with van der Waals surface area (Å²) < 4.78 is 6.52. The first-order valence-electron chi connectivity index (χ1n) is 6.75. The van der Waals surface area contributed by atoms with Crippen LogP contribution in [0.25, 0.3) is 0 Å². The van der Waals surface area contributed by atoms with Gasteiger partial charge < -0.3 is 14.2 Å². The molecule has 0 unspecified atom stereocenters. The zero-order valence-corrected chi connectivity index (χ0v) is 13.9. The third-order valence-electron chi connectivity index (χ3n) is 2.89. The topological polar surface area (TPSA) is 77.3 Å². The normalized spacial score (nSPS) is 11.0. The van der Waals surface area contributed by atoms with Gasteiger partial charge in [0.1, 0.15) is 12.9 Å². The zero-order chi connectivity index (χ0) is 16.0. The number of rotatable bonds is 7. The maximum atomic E-state index is 12.3. The van der Waals surface area contributed by atoms with Gasteiger partial charge in [-0.2, -0.15) is 0 Å². The van der Waals surface area contributed by atoms with E-state index in [0.717, 1.165) is 0 Å². The molecule has 1 amide bonds. The molecule has 0 atom stereocenters.